The van der Waals surface area contributed by atoms with E-state index in [1.165, 1.54) is 6.07 Å². The zero-order chi connectivity index (χ0) is 17.4. The lowest BCUT2D eigenvalue weighted by Crippen LogP contribution is -2.46. The number of hydrogen-bond acceptors (Lipinski definition) is 3. The van der Waals surface area contributed by atoms with Crippen molar-refractivity contribution in [1.29, 1.82) is 0 Å². The van der Waals surface area contributed by atoms with Crippen LogP contribution in [0.3, 0.4) is 0 Å². The quantitative estimate of drug-likeness (QED) is 0.848. The van der Waals surface area contributed by atoms with Crippen molar-refractivity contribution in [2.75, 3.05) is 37.6 Å². The van der Waals surface area contributed by atoms with E-state index in [0.29, 0.717) is 5.56 Å². The Balaban J connectivity index is 1.73. The average Bonchev–Trinajstić information content (AvgIpc) is 3.10. The molecule has 0 N–H and O–H groups in total. The van der Waals surface area contributed by atoms with Crippen LogP contribution in [0.15, 0.2) is 24.3 Å². The summed E-state index contributed by atoms with van der Waals surface area (Å²) < 4.78 is 27.7. The van der Waals surface area contributed by atoms with Crippen LogP contribution < -0.4 is 4.90 Å². The molecule has 0 spiro atoms. The summed E-state index contributed by atoms with van der Waals surface area (Å²) in [7, 11) is 0. The summed E-state index contributed by atoms with van der Waals surface area (Å²) in [6, 6.07) is 5.86. The second-order valence-corrected chi connectivity index (χ2v) is 6.85. The first-order chi connectivity index (χ1) is 12.2. The summed E-state index contributed by atoms with van der Waals surface area (Å²) in [4.78, 5) is 9.58. The minimum atomic E-state index is -0.539. The lowest BCUT2D eigenvalue weighted by molar-refractivity contribution is 0.270. The third-order valence-corrected chi connectivity index (χ3v) is 5.40. The van der Waals surface area contributed by atoms with Gasteiger partial charge in [-0.1, -0.05) is 6.92 Å². The van der Waals surface area contributed by atoms with Crippen molar-refractivity contribution in [3.05, 3.63) is 47.2 Å². The van der Waals surface area contributed by atoms with Crippen molar-refractivity contribution < 1.29 is 8.78 Å². The molecule has 0 amide bonds. The van der Waals surface area contributed by atoms with Gasteiger partial charge in [0, 0.05) is 43.5 Å². The van der Waals surface area contributed by atoms with E-state index in [2.05, 4.69) is 16.7 Å². The number of anilines is 1. The van der Waals surface area contributed by atoms with E-state index >= 15 is 0 Å². The number of fused-ring (bicyclic) bond motifs is 1. The molecule has 25 heavy (non-hydrogen) atoms. The standard InChI is InChI=1S/C20H23F2N3/c1-2-24-8-10-25(11-9-24)20-13-17(16-4-3-5-19(16)23-20)15-7-6-14(21)12-18(15)22/h6-7,12-13H,2-5,8-11H2,1H3. The van der Waals surface area contributed by atoms with Gasteiger partial charge in [-0.2, -0.15) is 0 Å². The van der Waals surface area contributed by atoms with E-state index < -0.39 is 11.6 Å². The molecule has 0 atom stereocenters. The molecule has 1 fully saturated rings. The molecule has 1 aromatic carbocycles. The van der Waals surface area contributed by atoms with Gasteiger partial charge >= 0.3 is 0 Å². The van der Waals surface area contributed by atoms with Crippen molar-refractivity contribution in [3.8, 4) is 11.1 Å². The molecule has 3 nitrogen and oxygen atoms in total. The Morgan fingerprint density at radius 1 is 1.00 bits per heavy atom. The topological polar surface area (TPSA) is 19.4 Å². The number of halogens is 2. The molecule has 1 aliphatic carbocycles. The molecule has 0 unspecified atom stereocenters. The van der Waals surface area contributed by atoms with Gasteiger partial charge in [-0.15, -0.1) is 0 Å². The molecule has 5 heteroatoms. The highest BCUT2D eigenvalue weighted by molar-refractivity contribution is 5.72. The minimum Gasteiger partial charge on any atom is -0.354 e. The molecule has 1 saturated heterocycles. The molecule has 4 rings (SSSR count). The van der Waals surface area contributed by atoms with E-state index in [-0.39, 0.29) is 0 Å². The molecule has 2 aliphatic rings. The van der Waals surface area contributed by atoms with Gasteiger partial charge in [0.1, 0.15) is 17.5 Å². The SMILES string of the molecule is CCN1CCN(c2cc(-c3ccc(F)cc3F)c3c(n2)CCC3)CC1. The highest BCUT2D eigenvalue weighted by Gasteiger charge is 2.24. The molecule has 1 aromatic heterocycles. The third-order valence-electron chi connectivity index (χ3n) is 5.40. The Labute approximate surface area is 147 Å². The molecule has 2 heterocycles. The molecule has 2 aromatic rings. The number of aromatic nitrogens is 1. The number of nitrogens with zero attached hydrogens (tertiary/aromatic N) is 3. The minimum absolute atomic E-state index is 0.482. The first kappa shape index (κ1) is 16.5. The van der Waals surface area contributed by atoms with E-state index in [1.807, 2.05) is 6.07 Å². The summed E-state index contributed by atoms with van der Waals surface area (Å²) in [6.45, 7) is 7.16. The van der Waals surface area contributed by atoms with Crippen LogP contribution in [0.2, 0.25) is 0 Å². The van der Waals surface area contributed by atoms with Gasteiger partial charge in [0.25, 0.3) is 0 Å². The number of benzene rings is 1. The highest BCUT2D eigenvalue weighted by Crippen LogP contribution is 2.36. The van der Waals surface area contributed by atoms with E-state index in [4.69, 9.17) is 4.98 Å². The maximum Gasteiger partial charge on any atom is 0.133 e. The Kier molecular flexibility index (Phi) is 4.42. The average molecular weight is 343 g/mol. The number of piperazine rings is 1. The monoisotopic (exact) mass is 343 g/mol. The van der Waals surface area contributed by atoms with Crippen molar-refractivity contribution in [1.82, 2.24) is 9.88 Å². The van der Waals surface area contributed by atoms with Gasteiger partial charge < -0.3 is 9.80 Å². The maximum absolute atomic E-state index is 14.4. The summed E-state index contributed by atoms with van der Waals surface area (Å²) in [5.41, 5.74) is 3.57. The molecule has 1 aliphatic heterocycles. The third kappa shape index (κ3) is 3.13. The van der Waals surface area contributed by atoms with Crippen LogP contribution >= 0.6 is 0 Å². The van der Waals surface area contributed by atoms with Crippen LogP contribution in [-0.4, -0.2) is 42.6 Å². The smallest absolute Gasteiger partial charge is 0.133 e. The van der Waals surface area contributed by atoms with Crippen LogP contribution in [0.4, 0.5) is 14.6 Å². The lowest BCUT2D eigenvalue weighted by Gasteiger charge is -2.35. The van der Waals surface area contributed by atoms with Gasteiger partial charge in [0.05, 0.1) is 0 Å². The van der Waals surface area contributed by atoms with Gasteiger partial charge in [-0.05, 0) is 55.1 Å². The Morgan fingerprint density at radius 3 is 2.52 bits per heavy atom. The van der Waals surface area contributed by atoms with Crippen LogP contribution in [-0.2, 0) is 12.8 Å². The van der Waals surface area contributed by atoms with Gasteiger partial charge in [0.15, 0.2) is 0 Å². The molecule has 0 saturated carbocycles. The highest BCUT2D eigenvalue weighted by atomic mass is 19.1. The largest absolute Gasteiger partial charge is 0.354 e. The fourth-order valence-corrected chi connectivity index (χ4v) is 3.93. The normalized spacial score (nSPS) is 17.8. The number of rotatable bonds is 3. The van der Waals surface area contributed by atoms with Crippen molar-refractivity contribution >= 4 is 5.82 Å². The fourth-order valence-electron chi connectivity index (χ4n) is 3.93. The Bertz CT molecular complexity index is 783. The Hall–Kier alpha value is -2.01. The van der Waals surface area contributed by atoms with Crippen molar-refractivity contribution in [2.45, 2.75) is 26.2 Å². The van der Waals surface area contributed by atoms with Gasteiger partial charge in [0.2, 0.25) is 0 Å². The zero-order valence-corrected chi connectivity index (χ0v) is 14.6. The van der Waals surface area contributed by atoms with Crippen LogP contribution in [0.25, 0.3) is 11.1 Å². The predicted octanol–water partition coefficient (Wildman–Crippen LogP) is 3.66. The van der Waals surface area contributed by atoms with E-state index in [0.717, 1.165) is 80.7 Å². The number of hydrogen-bond donors (Lipinski definition) is 0. The van der Waals surface area contributed by atoms with Crippen LogP contribution in [0, 0.1) is 11.6 Å². The summed E-state index contributed by atoms with van der Waals surface area (Å²) >= 11 is 0. The number of pyridine rings is 1. The second-order valence-electron chi connectivity index (χ2n) is 6.85. The van der Waals surface area contributed by atoms with Gasteiger partial charge in [-0.25, -0.2) is 13.8 Å². The summed E-state index contributed by atoms with van der Waals surface area (Å²) in [6.07, 6.45) is 2.90. The number of aryl methyl sites for hydroxylation is 1. The molecule has 0 radical (unpaired) electrons. The lowest BCUT2D eigenvalue weighted by atomic mass is 9.98. The first-order valence-corrected chi connectivity index (χ1v) is 9.11. The fraction of sp³-hybridized carbons (Fsp3) is 0.450. The summed E-state index contributed by atoms with van der Waals surface area (Å²) in [5, 5.41) is 0. The molecule has 0 bridgehead atoms. The maximum atomic E-state index is 14.4. The number of likely N-dealkylation sites (N-methyl/N-ethyl adjacent to an activating group) is 1. The molecule has 132 valence electrons. The zero-order valence-electron chi connectivity index (χ0n) is 14.6. The molecular weight excluding hydrogens is 320 g/mol. The summed E-state index contributed by atoms with van der Waals surface area (Å²) in [5.74, 6) is -0.111. The second kappa shape index (κ2) is 6.71. The molecular formula is C20H23F2N3. The van der Waals surface area contributed by atoms with Crippen molar-refractivity contribution in [3.63, 3.8) is 0 Å². The predicted molar refractivity (Wildman–Crippen MR) is 95.9 cm³/mol. The van der Waals surface area contributed by atoms with Crippen molar-refractivity contribution in [2.24, 2.45) is 0 Å². The van der Waals surface area contributed by atoms with Gasteiger partial charge in [-0.3, -0.25) is 0 Å². The van der Waals surface area contributed by atoms with E-state index in [1.54, 1.807) is 6.07 Å². The van der Waals surface area contributed by atoms with Crippen LogP contribution in [0.5, 0.6) is 0 Å². The van der Waals surface area contributed by atoms with Crippen LogP contribution in [0.1, 0.15) is 24.6 Å². The Morgan fingerprint density at radius 2 is 1.80 bits per heavy atom. The van der Waals surface area contributed by atoms with E-state index in [9.17, 15) is 8.78 Å². The first-order valence-electron chi connectivity index (χ1n) is 9.11.